The van der Waals surface area contributed by atoms with Gasteiger partial charge in [0.2, 0.25) is 0 Å². The number of hydrogen-bond acceptors (Lipinski definition) is 2. The molecule has 0 aliphatic rings. The third-order valence-electron chi connectivity index (χ3n) is 3.25. The molecule has 2 N–H and O–H groups in total. The van der Waals surface area contributed by atoms with Crippen LogP contribution in [0.2, 0.25) is 5.02 Å². The molecule has 10 heteroatoms. The predicted octanol–water partition coefficient (Wildman–Crippen LogP) is 6.01. The molecule has 0 aliphatic carbocycles. The number of halogens is 6. The van der Waals surface area contributed by atoms with Crippen LogP contribution < -0.4 is 10.6 Å². The maximum absolute atomic E-state index is 12.9. The summed E-state index contributed by atoms with van der Waals surface area (Å²) < 4.78 is 37.9. The zero-order valence-corrected chi connectivity index (χ0v) is 15.5. The highest BCUT2D eigenvalue weighted by Crippen LogP contribution is 2.39. The van der Waals surface area contributed by atoms with Gasteiger partial charge in [-0.15, -0.1) is 0 Å². The fraction of sp³-hybridized carbons (Fsp3) is 0.0588. The van der Waals surface area contributed by atoms with E-state index in [0.717, 1.165) is 12.1 Å². The summed E-state index contributed by atoms with van der Waals surface area (Å²) >= 11 is 16.5. The van der Waals surface area contributed by atoms with Gasteiger partial charge in [0.25, 0.3) is 5.91 Å². The summed E-state index contributed by atoms with van der Waals surface area (Å²) in [6.07, 6.45) is -4.74. The Kier molecular flexibility index (Phi) is 6.75. The Labute approximate surface area is 166 Å². The van der Waals surface area contributed by atoms with E-state index in [1.165, 1.54) is 24.3 Å². The summed E-state index contributed by atoms with van der Waals surface area (Å²) in [5, 5.41) is 4.54. The first kappa shape index (κ1) is 21.1. The molecule has 3 amide bonds. The van der Waals surface area contributed by atoms with Crippen molar-refractivity contribution in [3.05, 3.63) is 69.2 Å². The zero-order chi connectivity index (χ0) is 20.2. The molecular weight excluding hydrogens is 428 g/mol. The fourth-order valence-electron chi connectivity index (χ4n) is 2.08. The summed E-state index contributed by atoms with van der Waals surface area (Å²) in [5.41, 5.74) is -1.23. The number of nitrogens with one attached hydrogen (secondary N) is 2. The first-order valence-electron chi connectivity index (χ1n) is 7.19. The van der Waals surface area contributed by atoms with Gasteiger partial charge >= 0.3 is 12.2 Å². The Balaban J connectivity index is 2.08. The van der Waals surface area contributed by atoms with Crippen molar-refractivity contribution in [2.75, 3.05) is 5.32 Å². The second-order valence-corrected chi connectivity index (χ2v) is 6.46. The van der Waals surface area contributed by atoms with Gasteiger partial charge in [-0.3, -0.25) is 10.1 Å². The van der Waals surface area contributed by atoms with E-state index in [1.807, 2.05) is 0 Å². The minimum Gasteiger partial charge on any atom is -0.308 e. The van der Waals surface area contributed by atoms with Crippen LogP contribution in [0.15, 0.2) is 53.0 Å². The molecule has 0 aliphatic heterocycles. The lowest BCUT2D eigenvalue weighted by Crippen LogP contribution is -2.34. The number of imide groups is 1. The lowest BCUT2D eigenvalue weighted by atomic mass is 10.1. The van der Waals surface area contributed by atoms with Crippen LogP contribution in [0.5, 0.6) is 0 Å². The Bertz CT molecular complexity index is 893. The number of carbonyl (C=O) groups excluding carboxylic acids is 2. The highest BCUT2D eigenvalue weighted by Gasteiger charge is 2.37. The third-order valence-corrected chi connectivity index (χ3v) is 3.96. The van der Waals surface area contributed by atoms with Crippen molar-refractivity contribution >= 4 is 58.0 Å². The summed E-state index contributed by atoms with van der Waals surface area (Å²) in [5.74, 6) is -0.731. The quantitative estimate of drug-likeness (QED) is 0.618. The summed E-state index contributed by atoms with van der Waals surface area (Å²) in [7, 11) is 0. The zero-order valence-electron chi connectivity index (χ0n) is 13.2. The first-order chi connectivity index (χ1) is 12.6. The van der Waals surface area contributed by atoms with Crippen molar-refractivity contribution in [2.45, 2.75) is 6.18 Å². The van der Waals surface area contributed by atoms with Crippen molar-refractivity contribution in [3.63, 3.8) is 0 Å². The SMILES string of the molecule is O=C(NC(=O)c1ccccc1Cl)Nc1ccc(C(=C(Cl)Cl)C(F)(F)F)cc1. The van der Waals surface area contributed by atoms with Crippen LogP contribution in [0.1, 0.15) is 15.9 Å². The highest BCUT2D eigenvalue weighted by molar-refractivity contribution is 6.58. The topological polar surface area (TPSA) is 58.2 Å². The van der Waals surface area contributed by atoms with Crippen molar-refractivity contribution in [1.82, 2.24) is 5.32 Å². The van der Waals surface area contributed by atoms with Crippen LogP contribution in [-0.2, 0) is 0 Å². The normalized spacial score (nSPS) is 10.9. The van der Waals surface area contributed by atoms with Gasteiger partial charge in [0, 0.05) is 5.69 Å². The van der Waals surface area contributed by atoms with Crippen molar-refractivity contribution < 1.29 is 22.8 Å². The Morgan fingerprint density at radius 2 is 1.52 bits per heavy atom. The van der Waals surface area contributed by atoms with E-state index in [9.17, 15) is 22.8 Å². The van der Waals surface area contributed by atoms with Gasteiger partial charge in [0.1, 0.15) is 4.49 Å². The molecule has 0 unspecified atom stereocenters. The summed E-state index contributed by atoms with van der Waals surface area (Å²) in [4.78, 5) is 23.9. The number of rotatable bonds is 3. The van der Waals surface area contributed by atoms with Crippen molar-refractivity contribution in [1.29, 1.82) is 0 Å². The van der Waals surface area contributed by atoms with Gasteiger partial charge < -0.3 is 5.32 Å². The van der Waals surface area contributed by atoms with E-state index in [2.05, 4.69) is 10.6 Å². The number of hydrogen-bond donors (Lipinski definition) is 2. The molecule has 0 atom stereocenters. The Hall–Kier alpha value is -2.22. The number of urea groups is 1. The molecule has 0 spiro atoms. The van der Waals surface area contributed by atoms with Crippen LogP contribution in [0.4, 0.5) is 23.7 Å². The second-order valence-electron chi connectivity index (χ2n) is 5.10. The average molecular weight is 438 g/mol. The molecule has 27 heavy (non-hydrogen) atoms. The van der Waals surface area contributed by atoms with Crippen molar-refractivity contribution in [2.24, 2.45) is 0 Å². The van der Waals surface area contributed by atoms with Crippen LogP contribution in [-0.4, -0.2) is 18.1 Å². The molecule has 0 radical (unpaired) electrons. The van der Waals surface area contributed by atoms with Crippen molar-refractivity contribution in [3.8, 4) is 0 Å². The second kappa shape index (κ2) is 8.65. The van der Waals surface area contributed by atoms with E-state index in [1.54, 1.807) is 12.1 Å². The van der Waals surface area contributed by atoms with Crippen LogP contribution in [0.3, 0.4) is 0 Å². The summed E-state index contributed by atoms with van der Waals surface area (Å²) in [6, 6.07) is 9.81. The minimum atomic E-state index is -4.74. The lowest BCUT2D eigenvalue weighted by Gasteiger charge is -2.13. The smallest absolute Gasteiger partial charge is 0.308 e. The predicted molar refractivity (Wildman–Crippen MR) is 99.1 cm³/mol. The molecule has 0 heterocycles. The van der Waals surface area contributed by atoms with E-state index < -0.39 is 28.2 Å². The Morgan fingerprint density at radius 3 is 2.04 bits per heavy atom. The molecule has 2 rings (SSSR count). The Morgan fingerprint density at radius 1 is 0.926 bits per heavy atom. The number of allylic oxidation sites excluding steroid dienone is 1. The van der Waals surface area contributed by atoms with Crippen LogP contribution in [0, 0.1) is 0 Å². The minimum absolute atomic E-state index is 0.0985. The van der Waals surface area contributed by atoms with Gasteiger partial charge in [0.05, 0.1) is 16.2 Å². The number of carbonyl (C=O) groups is 2. The average Bonchev–Trinajstić information content (AvgIpc) is 2.55. The van der Waals surface area contributed by atoms with E-state index in [0.29, 0.717) is 0 Å². The molecule has 142 valence electrons. The van der Waals surface area contributed by atoms with Crippen LogP contribution >= 0.6 is 34.8 Å². The first-order valence-corrected chi connectivity index (χ1v) is 8.32. The highest BCUT2D eigenvalue weighted by atomic mass is 35.5. The van der Waals surface area contributed by atoms with E-state index in [-0.39, 0.29) is 21.8 Å². The molecule has 0 aromatic heterocycles. The van der Waals surface area contributed by atoms with Gasteiger partial charge in [-0.2, -0.15) is 13.2 Å². The van der Waals surface area contributed by atoms with E-state index in [4.69, 9.17) is 34.8 Å². The molecule has 0 saturated heterocycles. The maximum Gasteiger partial charge on any atom is 0.419 e. The molecule has 2 aromatic carbocycles. The molecule has 4 nitrogen and oxygen atoms in total. The standard InChI is InChI=1S/C17H10Cl3F3N2O2/c18-12-4-2-1-3-11(12)15(26)25-16(27)24-10-7-5-9(6-8-10)13(14(19)20)17(21,22)23/h1-8H,(H2,24,25,26,27). The monoisotopic (exact) mass is 436 g/mol. The number of alkyl halides is 3. The van der Waals surface area contributed by atoms with Crippen LogP contribution in [0.25, 0.3) is 5.57 Å². The maximum atomic E-state index is 12.9. The molecular formula is C17H10Cl3F3N2O2. The molecule has 2 aromatic rings. The molecule has 0 bridgehead atoms. The van der Waals surface area contributed by atoms with Gasteiger partial charge in [-0.25, -0.2) is 4.79 Å². The number of amides is 3. The number of benzene rings is 2. The van der Waals surface area contributed by atoms with Gasteiger partial charge in [0.15, 0.2) is 0 Å². The molecule has 0 fully saturated rings. The number of anilines is 1. The lowest BCUT2D eigenvalue weighted by molar-refractivity contribution is -0.0689. The molecule has 0 saturated carbocycles. The third kappa shape index (κ3) is 5.63. The summed E-state index contributed by atoms with van der Waals surface area (Å²) in [6.45, 7) is 0. The fourth-order valence-corrected chi connectivity index (χ4v) is 2.73. The largest absolute Gasteiger partial charge is 0.419 e. The van der Waals surface area contributed by atoms with Gasteiger partial charge in [-0.05, 0) is 29.8 Å². The van der Waals surface area contributed by atoms with E-state index >= 15 is 0 Å². The van der Waals surface area contributed by atoms with Gasteiger partial charge in [-0.1, -0.05) is 59.1 Å².